The highest BCUT2D eigenvalue weighted by Crippen LogP contribution is 2.54. The van der Waals surface area contributed by atoms with E-state index in [0.717, 1.165) is 0 Å². The summed E-state index contributed by atoms with van der Waals surface area (Å²) in [6.45, 7) is 9.95. The molecular formula is C30H32Si. The van der Waals surface area contributed by atoms with E-state index in [4.69, 9.17) is 0 Å². The summed E-state index contributed by atoms with van der Waals surface area (Å²) in [7, 11) is -1.76. The Labute approximate surface area is 188 Å². The maximum absolute atomic E-state index is 2.63. The molecule has 2 atom stereocenters. The minimum absolute atomic E-state index is 0.575. The molecule has 2 unspecified atom stereocenters. The molecule has 0 spiro atoms. The van der Waals surface area contributed by atoms with Crippen LogP contribution in [-0.2, 0) is 0 Å². The molecule has 0 N–H and O–H groups in total. The highest BCUT2D eigenvalue weighted by atomic mass is 28.3. The molecule has 0 radical (unpaired) electrons. The van der Waals surface area contributed by atoms with Crippen molar-refractivity contribution in [2.45, 2.75) is 50.9 Å². The average Bonchev–Trinajstić information content (AvgIpc) is 3.31. The summed E-state index contributed by atoms with van der Waals surface area (Å²) in [6.07, 6.45) is 7.40. The molecule has 1 heteroatoms. The Bertz CT molecular complexity index is 1180. The predicted molar refractivity (Wildman–Crippen MR) is 138 cm³/mol. The molecule has 0 nitrogen and oxygen atoms in total. The summed E-state index contributed by atoms with van der Waals surface area (Å²) < 4.78 is 0. The lowest BCUT2D eigenvalue weighted by Crippen LogP contribution is -2.42. The van der Waals surface area contributed by atoms with E-state index in [1.807, 2.05) is 0 Å². The molecule has 0 saturated heterocycles. The largest absolute Gasteiger partial charge is 0.0722 e. The van der Waals surface area contributed by atoms with Crippen molar-refractivity contribution in [3.63, 3.8) is 0 Å². The number of fused-ring (bicyclic) bond motifs is 2. The van der Waals surface area contributed by atoms with E-state index in [0.29, 0.717) is 11.1 Å². The first-order valence-corrected chi connectivity index (χ1v) is 14.8. The molecule has 2 aliphatic carbocycles. The summed E-state index contributed by atoms with van der Waals surface area (Å²) in [5, 5.41) is 0. The Morgan fingerprint density at radius 1 is 0.742 bits per heavy atom. The van der Waals surface area contributed by atoms with Crippen molar-refractivity contribution in [1.82, 2.24) is 0 Å². The minimum Gasteiger partial charge on any atom is -0.0679 e. The van der Waals surface area contributed by atoms with Crippen LogP contribution in [0.15, 0.2) is 83.9 Å². The van der Waals surface area contributed by atoms with Crippen LogP contribution in [0.3, 0.4) is 0 Å². The lowest BCUT2D eigenvalue weighted by Gasteiger charge is -2.39. The van der Waals surface area contributed by atoms with Gasteiger partial charge in [0.25, 0.3) is 0 Å². The van der Waals surface area contributed by atoms with E-state index in [9.17, 15) is 0 Å². The van der Waals surface area contributed by atoms with Gasteiger partial charge in [0.15, 0.2) is 0 Å². The van der Waals surface area contributed by atoms with Gasteiger partial charge in [0.05, 0.1) is 8.07 Å². The Balaban J connectivity index is 1.66. The van der Waals surface area contributed by atoms with Gasteiger partial charge < -0.3 is 0 Å². The fourth-order valence-corrected chi connectivity index (χ4v) is 11.2. The van der Waals surface area contributed by atoms with E-state index in [2.05, 4.69) is 112 Å². The van der Waals surface area contributed by atoms with Crippen LogP contribution in [0.4, 0.5) is 0 Å². The van der Waals surface area contributed by atoms with Gasteiger partial charge in [-0.05, 0) is 46.7 Å². The van der Waals surface area contributed by atoms with Crippen molar-refractivity contribution >= 4 is 20.2 Å². The van der Waals surface area contributed by atoms with Crippen molar-refractivity contribution in [3.8, 4) is 11.1 Å². The van der Waals surface area contributed by atoms with E-state index < -0.39 is 8.07 Å². The number of rotatable bonds is 5. The van der Waals surface area contributed by atoms with Gasteiger partial charge in [0, 0.05) is 11.1 Å². The smallest absolute Gasteiger partial charge is 0.0679 e. The van der Waals surface area contributed by atoms with Gasteiger partial charge in [-0.3, -0.25) is 0 Å². The van der Waals surface area contributed by atoms with Crippen molar-refractivity contribution in [1.29, 1.82) is 0 Å². The summed E-state index contributed by atoms with van der Waals surface area (Å²) in [4.78, 5) is 0. The fraction of sp³-hybridized carbons (Fsp3) is 0.267. The lowest BCUT2D eigenvalue weighted by molar-refractivity contribution is 0.847. The van der Waals surface area contributed by atoms with E-state index in [1.165, 1.54) is 35.1 Å². The molecule has 31 heavy (non-hydrogen) atoms. The zero-order valence-corrected chi connectivity index (χ0v) is 20.2. The highest BCUT2D eigenvalue weighted by Gasteiger charge is 2.47. The third-order valence-electron chi connectivity index (χ3n) is 7.41. The van der Waals surface area contributed by atoms with Crippen molar-refractivity contribution in [2.75, 3.05) is 0 Å². The van der Waals surface area contributed by atoms with Crippen LogP contribution in [0.1, 0.15) is 60.0 Å². The van der Waals surface area contributed by atoms with Gasteiger partial charge in [-0.25, -0.2) is 0 Å². The first-order valence-electron chi connectivity index (χ1n) is 11.7. The topological polar surface area (TPSA) is 0 Å². The minimum atomic E-state index is -1.76. The first kappa shape index (κ1) is 20.3. The maximum Gasteiger partial charge on any atom is 0.0722 e. The summed E-state index contributed by atoms with van der Waals surface area (Å²) in [6, 6.07) is 27.0. The molecule has 156 valence electrons. The van der Waals surface area contributed by atoms with Gasteiger partial charge >= 0.3 is 0 Å². The van der Waals surface area contributed by atoms with Crippen LogP contribution in [0.5, 0.6) is 0 Å². The third-order valence-corrected chi connectivity index (χ3v) is 11.8. The van der Waals surface area contributed by atoms with Crippen molar-refractivity contribution in [2.24, 2.45) is 0 Å². The lowest BCUT2D eigenvalue weighted by atomic mass is 9.97. The molecule has 0 heterocycles. The number of benzene rings is 3. The molecule has 0 aliphatic heterocycles. The molecule has 0 aromatic heterocycles. The SMILES string of the molecule is CCCC1=Cc2c(-c3ccccc3)cccc2C1[Si](C)(C)C1C(C)=Cc2ccccc21. The van der Waals surface area contributed by atoms with Crippen LogP contribution >= 0.6 is 0 Å². The molecule has 0 saturated carbocycles. The van der Waals surface area contributed by atoms with E-state index in [1.54, 1.807) is 22.3 Å². The molecule has 0 bridgehead atoms. The predicted octanol–water partition coefficient (Wildman–Crippen LogP) is 8.62. The second kappa shape index (κ2) is 7.80. The Hall–Kier alpha value is -2.64. The molecular weight excluding hydrogens is 388 g/mol. The van der Waals surface area contributed by atoms with Crippen LogP contribution in [0.25, 0.3) is 23.3 Å². The second-order valence-electron chi connectivity index (χ2n) is 9.85. The monoisotopic (exact) mass is 420 g/mol. The molecule has 2 aliphatic rings. The van der Waals surface area contributed by atoms with Crippen LogP contribution in [0.2, 0.25) is 13.1 Å². The number of allylic oxidation sites excluding steroid dienone is 2. The van der Waals surface area contributed by atoms with Gasteiger partial charge in [-0.15, -0.1) is 0 Å². The standard InChI is InChI=1S/C30H32Si/c1-5-12-24-20-28-25(22-13-7-6-8-14-22)17-11-18-27(28)30(24)31(3,4)29-21(2)19-23-15-9-10-16-26(23)29/h6-11,13-20,29-30H,5,12H2,1-4H3. The van der Waals surface area contributed by atoms with Gasteiger partial charge in [-0.2, -0.15) is 0 Å². The number of hydrogen-bond acceptors (Lipinski definition) is 0. The maximum atomic E-state index is 2.63. The second-order valence-corrected chi connectivity index (χ2v) is 14.6. The van der Waals surface area contributed by atoms with Crippen LogP contribution < -0.4 is 0 Å². The summed E-state index contributed by atoms with van der Waals surface area (Å²) in [5.41, 5.74) is 13.1. The Kier molecular flexibility index (Phi) is 5.10. The third kappa shape index (κ3) is 3.27. The molecule has 0 fully saturated rings. The average molecular weight is 421 g/mol. The van der Waals surface area contributed by atoms with Crippen LogP contribution in [-0.4, -0.2) is 8.07 Å². The first-order chi connectivity index (χ1) is 15.0. The quantitative estimate of drug-likeness (QED) is 0.362. The van der Waals surface area contributed by atoms with Gasteiger partial charge in [0.2, 0.25) is 0 Å². The molecule has 3 aromatic carbocycles. The zero-order chi connectivity index (χ0) is 21.6. The van der Waals surface area contributed by atoms with Gasteiger partial charge in [-0.1, -0.05) is 123 Å². The Morgan fingerprint density at radius 3 is 2.23 bits per heavy atom. The molecule has 5 rings (SSSR count). The van der Waals surface area contributed by atoms with E-state index in [-0.39, 0.29) is 0 Å². The van der Waals surface area contributed by atoms with Crippen molar-refractivity contribution < 1.29 is 0 Å². The highest BCUT2D eigenvalue weighted by molar-refractivity contribution is 6.81. The van der Waals surface area contributed by atoms with E-state index >= 15 is 0 Å². The normalized spacial score (nSPS) is 19.6. The fourth-order valence-electron chi connectivity index (χ4n) is 6.35. The summed E-state index contributed by atoms with van der Waals surface area (Å²) >= 11 is 0. The molecule has 0 amide bonds. The Morgan fingerprint density at radius 2 is 1.45 bits per heavy atom. The van der Waals surface area contributed by atoms with Gasteiger partial charge in [0.1, 0.15) is 0 Å². The molecule has 3 aromatic rings. The zero-order valence-electron chi connectivity index (χ0n) is 19.2. The van der Waals surface area contributed by atoms with Crippen LogP contribution in [0, 0.1) is 0 Å². The number of hydrogen-bond donors (Lipinski definition) is 0. The summed E-state index contributed by atoms with van der Waals surface area (Å²) in [5.74, 6) is 0. The van der Waals surface area contributed by atoms with Crippen molar-refractivity contribution in [3.05, 3.63) is 106 Å².